The van der Waals surface area contributed by atoms with E-state index in [1.807, 2.05) is 0 Å². The number of nitrogens with zero attached hydrogens (tertiary/aromatic N) is 1. The Labute approximate surface area is 110 Å². The number of nitrogens with one attached hydrogen (secondary N) is 1. The lowest BCUT2D eigenvalue weighted by Gasteiger charge is -2.33. The first kappa shape index (κ1) is 12.2. The molecule has 0 spiro atoms. The van der Waals surface area contributed by atoms with E-state index in [1.165, 1.54) is 49.9 Å². The number of hydrogen-bond acceptors (Lipinski definition) is 2. The minimum Gasteiger partial charge on any atom is -0.319 e. The van der Waals surface area contributed by atoms with Crippen LogP contribution in [-0.4, -0.2) is 25.0 Å². The predicted molar refractivity (Wildman–Crippen MR) is 75.4 cm³/mol. The maximum Gasteiger partial charge on any atom is 0.0240 e. The van der Waals surface area contributed by atoms with Crippen molar-refractivity contribution in [3.8, 4) is 0 Å². The van der Waals surface area contributed by atoms with E-state index in [9.17, 15) is 0 Å². The Morgan fingerprint density at radius 3 is 2.28 bits per heavy atom. The van der Waals surface area contributed by atoms with Crippen molar-refractivity contribution in [2.24, 2.45) is 5.41 Å². The summed E-state index contributed by atoms with van der Waals surface area (Å²) in [5.74, 6) is 0. The highest BCUT2D eigenvalue weighted by atomic mass is 15.1. The van der Waals surface area contributed by atoms with Crippen LogP contribution in [0.15, 0.2) is 24.3 Å². The quantitative estimate of drug-likeness (QED) is 0.876. The van der Waals surface area contributed by atoms with Crippen molar-refractivity contribution in [2.45, 2.75) is 38.8 Å². The Balaban J connectivity index is 1.67. The highest BCUT2D eigenvalue weighted by Gasteiger charge is 2.36. The summed E-state index contributed by atoms with van der Waals surface area (Å²) in [6.07, 6.45) is 5.65. The van der Waals surface area contributed by atoms with Crippen LogP contribution in [0.4, 0.5) is 0 Å². The van der Waals surface area contributed by atoms with Crippen molar-refractivity contribution < 1.29 is 0 Å². The van der Waals surface area contributed by atoms with Gasteiger partial charge in [0.1, 0.15) is 0 Å². The Bertz CT molecular complexity index is 382. The molecule has 0 saturated heterocycles. The maximum atomic E-state index is 3.42. The van der Waals surface area contributed by atoms with Gasteiger partial charge in [-0.2, -0.15) is 0 Å². The van der Waals surface area contributed by atoms with Crippen LogP contribution >= 0.6 is 0 Å². The third kappa shape index (κ3) is 2.32. The Hall–Kier alpha value is -0.860. The number of fused-ring (bicyclic) bond motifs is 1. The second-order valence-corrected chi connectivity index (χ2v) is 6.15. The molecule has 98 valence electrons. The molecule has 0 unspecified atom stereocenters. The van der Waals surface area contributed by atoms with Crippen LogP contribution in [0.2, 0.25) is 0 Å². The highest BCUT2D eigenvalue weighted by molar-refractivity contribution is 5.30. The summed E-state index contributed by atoms with van der Waals surface area (Å²) in [6, 6.07) is 8.91. The highest BCUT2D eigenvalue weighted by Crippen LogP contribution is 2.39. The largest absolute Gasteiger partial charge is 0.319 e. The van der Waals surface area contributed by atoms with Crippen molar-refractivity contribution >= 4 is 0 Å². The van der Waals surface area contributed by atoms with Gasteiger partial charge in [-0.25, -0.2) is 0 Å². The minimum absolute atomic E-state index is 0.538. The van der Waals surface area contributed by atoms with Gasteiger partial charge in [0, 0.05) is 26.2 Å². The van der Waals surface area contributed by atoms with Crippen molar-refractivity contribution in [2.75, 3.05) is 20.1 Å². The van der Waals surface area contributed by atoms with Crippen molar-refractivity contribution in [1.29, 1.82) is 0 Å². The standard InChI is InChI=1S/C16H24N2/c1-17-12-16(8-4-5-9-16)13-18-10-14-6-2-3-7-15(14)11-18/h2-3,6-7,17H,4-5,8-13H2,1H3. The molecule has 18 heavy (non-hydrogen) atoms. The van der Waals surface area contributed by atoms with Crippen LogP contribution in [0, 0.1) is 5.41 Å². The van der Waals surface area contributed by atoms with E-state index in [1.54, 1.807) is 0 Å². The van der Waals surface area contributed by atoms with E-state index in [4.69, 9.17) is 0 Å². The van der Waals surface area contributed by atoms with Crippen LogP contribution in [0.5, 0.6) is 0 Å². The zero-order valence-corrected chi connectivity index (χ0v) is 11.4. The molecule has 1 aromatic rings. The van der Waals surface area contributed by atoms with Gasteiger partial charge in [0.2, 0.25) is 0 Å². The predicted octanol–water partition coefficient (Wildman–Crippen LogP) is 2.78. The van der Waals surface area contributed by atoms with Gasteiger partial charge in [0.05, 0.1) is 0 Å². The van der Waals surface area contributed by atoms with E-state index in [-0.39, 0.29) is 0 Å². The second-order valence-electron chi connectivity index (χ2n) is 6.15. The summed E-state index contributed by atoms with van der Waals surface area (Å²) in [5, 5.41) is 3.42. The maximum absolute atomic E-state index is 3.42. The molecule has 1 fully saturated rings. The lowest BCUT2D eigenvalue weighted by atomic mass is 9.85. The molecule has 0 bridgehead atoms. The zero-order valence-electron chi connectivity index (χ0n) is 11.4. The summed E-state index contributed by atoms with van der Waals surface area (Å²) < 4.78 is 0. The van der Waals surface area contributed by atoms with Crippen molar-refractivity contribution in [3.63, 3.8) is 0 Å². The third-order valence-corrected chi connectivity index (χ3v) is 4.68. The second kappa shape index (κ2) is 5.02. The average Bonchev–Trinajstić information content (AvgIpc) is 2.96. The number of hydrogen-bond donors (Lipinski definition) is 1. The van der Waals surface area contributed by atoms with Gasteiger partial charge in [-0.3, -0.25) is 4.90 Å². The molecule has 1 aromatic carbocycles. The molecule has 1 aliphatic heterocycles. The van der Waals surface area contributed by atoms with Gasteiger partial charge in [-0.1, -0.05) is 37.1 Å². The third-order valence-electron chi connectivity index (χ3n) is 4.68. The molecule has 1 saturated carbocycles. The Morgan fingerprint density at radius 1 is 1.11 bits per heavy atom. The first-order valence-electron chi connectivity index (χ1n) is 7.25. The smallest absolute Gasteiger partial charge is 0.0240 e. The van der Waals surface area contributed by atoms with Gasteiger partial charge in [0.15, 0.2) is 0 Å². The summed E-state index contributed by atoms with van der Waals surface area (Å²) in [4.78, 5) is 2.65. The molecule has 2 heteroatoms. The average molecular weight is 244 g/mol. The lowest BCUT2D eigenvalue weighted by Crippen LogP contribution is -2.39. The number of rotatable bonds is 4. The van der Waals surface area contributed by atoms with Crippen LogP contribution in [0.3, 0.4) is 0 Å². The fourth-order valence-electron chi connectivity index (χ4n) is 3.88. The first-order chi connectivity index (χ1) is 8.81. The molecule has 1 N–H and O–H groups in total. The molecule has 1 heterocycles. The molecule has 1 aliphatic carbocycles. The van der Waals surface area contributed by atoms with E-state index >= 15 is 0 Å². The van der Waals surface area contributed by atoms with Crippen LogP contribution in [-0.2, 0) is 13.1 Å². The van der Waals surface area contributed by atoms with Crippen molar-refractivity contribution in [1.82, 2.24) is 10.2 Å². The monoisotopic (exact) mass is 244 g/mol. The molecule has 2 aliphatic rings. The fourth-order valence-corrected chi connectivity index (χ4v) is 3.88. The molecule has 0 aromatic heterocycles. The molecule has 0 atom stereocenters. The van der Waals surface area contributed by atoms with Gasteiger partial charge < -0.3 is 5.32 Å². The topological polar surface area (TPSA) is 15.3 Å². The molecule has 2 nitrogen and oxygen atoms in total. The Kier molecular flexibility index (Phi) is 3.40. The summed E-state index contributed by atoms with van der Waals surface area (Å²) in [5.41, 5.74) is 3.61. The molecule has 0 amide bonds. The van der Waals surface area contributed by atoms with Crippen LogP contribution in [0.1, 0.15) is 36.8 Å². The minimum atomic E-state index is 0.538. The molecular weight excluding hydrogens is 220 g/mol. The summed E-state index contributed by atoms with van der Waals surface area (Å²) in [6.45, 7) is 4.76. The normalized spacial score (nSPS) is 22.3. The molecule has 0 radical (unpaired) electrons. The van der Waals surface area contributed by atoms with E-state index in [0.29, 0.717) is 5.41 Å². The van der Waals surface area contributed by atoms with Crippen molar-refractivity contribution in [3.05, 3.63) is 35.4 Å². The van der Waals surface area contributed by atoms with E-state index < -0.39 is 0 Å². The fraction of sp³-hybridized carbons (Fsp3) is 0.625. The zero-order chi connectivity index (χ0) is 12.4. The Morgan fingerprint density at radius 2 is 1.72 bits per heavy atom. The van der Waals surface area contributed by atoms with Crippen LogP contribution < -0.4 is 5.32 Å². The molecule has 3 rings (SSSR count). The SMILES string of the molecule is CNCC1(CN2Cc3ccccc3C2)CCCC1. The lowest BCUT2D eigenvalue weighted by molar-refractivity contribution is 0.151. The van der Waals surface area contributed by atoms with Gasteiger partial charge in [0.25, 0.3) is 0 Å². The van der Waals surface area contributed by atoms with Gasteiger partial charge in [-0.15, -0.1) is 0 Å². The van der Waals surface area contributed by atoms with E-state index in [0.717, 1.165) is 13.1 Å². The van der Waals surface area contributed by atoms with Gasteiger partial charge >= 0.3 is 0 Å². The molecular formula is C16H24N2. The summed E-state index contributed by atoms with van der Waals surface area (Å²) >= 11 is 0. The van der Waals surface area contributed by atoms with E-state index in [2.05, 4.69) is 41.5 Å². The van der Waals surface area contributed by atoms with Crippen LogP contribution in [0.25, 0.3) is 0 Å². The van der Waals surface area contributed by atoms with Gasteiger partial charge in [-0.05, 0) is 36.4 Å². The summed E-state index contributed by atoms with van der Waals surface area (Å²) in [7, 11) is 2.10. The number of benzene rings is 1. The first-order valence-corrected chi connectivity index (χ1v) is 7.25.